The monoisotopic (exact) mass is 263 g/mol. The molecule has 18 heavy (non-hydrogen) atoms. The van der Waals surface area contributed by atoms with Gasteiger partial charge in [-0.1, -0.05) is 0 Å². The topological polar surface area (TPSA) is 29.0 Å². The van der Waals surface area contributed by atoms with Crippen LogP contribution in [0.5, 0.6) is 0 Å². The summed E-state index contributed by atoms with van der Waals surface area (Å²) < 4.78 is 12.9. The fourth-order valence-corrected chi connectivity index (χ4v) is 3.15. The predicted molar refractivity (Wildman–Crippen MR) is 70.5 cm³/mol. The summed E-state index contributed by atoms with van der Waals surface area (Å²) in [6, 6.07) is 3.22. The Labute approximate surface area is 109 Å². The molecule has 2 aromatic rings. The zero-order chi connectivity index (χ0) is 12.4. The second kappa shape index (κ2) is 5.02. The molecule has 1 fully saturated rings. The van der Waals surface area contributed by atoms with Crippen molar-refractivity contribution in [2.75, 3.05) is 18.0 Å². The first-order valence-corrected chi connectivity index (χ1v) is 6.97. The number of pyridine rings is 1. The van der Waals surface area contributed by atoms with Crippen molar-refractivity contribution in [2.45, 2.75) is 18.8 Å². The maximum Gasteiger partial charge on any atom is 0.141 e. The highest BCUT2D eigenvalue weighted by molar-refractivity contribution is 7.09. The average Bonchev–Trinajstić information content (AvgIpc) is 2.94. The molecule has 0 spiro atoms. The first-order valence-electron chi connectivity index (χ1n) is 6.09. The van der Waals surface area contributed by atoms with Crippen LogP contribution in [0.15, 0.2) is 29.9 Å². The van der Waals surface area contributed by atoms with Gasteiger partial charge in [-0.25, -0.2) is 14.4 Å². The summed E-state index contributed by atoms with van der Waals surface area (Å²) in [5, 5.41) is 3.21. The van der Waals surface area contributed by atoms with Gasteiger partial charge in [0, 0.05) is 30.6 Å². The number of hydrogen-bond acceptors (Lipinski definition) is 4. The molecule has 1 aliphatic heterocycles. The second-order valence-corrected chi connectivity index (χ2v) is 5.42. The first kappa shape index (κ1) is 11.6. The number of piperidine rings is 1. The van der Waals surface area contributed by atoms with Crippen LogP contribution in [-0.4, -0.2) is 23.1 Å². The molecule has 3 heterocycles. The van der Waals surface area contributed by atoms with Crippen molar-refractivity contribution in [3.8, 4) is 0 Å². The fourth-order valence-electron chi connectivity index (χ4n) is 2.38. The summed E-state index contributed by atoms with van der Waals surface area (Å²) in [5.74, 6) is 1.05. The molecule has 94 valence electrons. The van der Waals surface area contributed by atoms with E-state index in [0.29, 0.717) is 5.92 Å². The van der Waals surface area contributed by atoms with Crippen molar-refractivity contribution < 1.29 is 4.39 Å². The standard InChI is InChI=1S/C13H14FN3S/c14-11-3-4-12(16-8-11)17-6-1-2-10(9-17)13-15-5-7-18-13/h3-5,7-8,10H,1-2,6,9H2. The molecular formula is C13H14FN3S. The van der Waals surface area contributed by atoms with E-state index in [0.717, 1.165) is 25.3 Å². The normalized spacial score (nSPS) is 20.1. The van der Waals surface area contributed by atoms with Gasteiger partial charge < -0.3 is 4.90 Å². The van der Waals surface area contributed by atoms with Gasteiger partial charge in [0.15, 0.2) is 0 Å². The van der Waals surface area contributed by atoms with Crippen LogP contribution in [0.4, 0.5) is 10.2 Å². The molecule has 0 N–H and O–H groups in total. The van der Waals surface area contributed by atoms with Crippen LogP contribution >= 0.6 is 11.3 Å². The van der Waals surface area contributed by atoms with Crippen molar-refractivity contribution in [1.29, 1.82) is 0 Å². The molecule has 0 aromatic carbocycles. The Bertz CT molecular complexity index is 497. The molecule has 0 amide bonds. The molecule has 5 heteroatoms. The Morgan fingerprint density at radius 2 is 2.28 bits per heavy atom. The number of nitrogens with zero attached hydrogens (tertiary/aromatic N) is 3. The van der Waals surface area contributed by atoms with Gasteiger partial charge in [-0.2, -0.15) is 0 Å². The molecule has 0 saturated carbocycles. The molecule has 2 aromatic heterocycles. The van der Waals surface area contributed by atoms with Crippen LogP contribution in [0.2, 0.25) is 0 Å². The molecule has 1 unspecified atom stereocenters. The third-order valence-electron chi connectivity index (χ3n) is 3.26. The summed E-state index contributed by atoms with van der Waals surface area (Å²) in [7, 11) is 0. The lowest BCUT2D eigenvalue weighted by molar-refractivity contribution is 0.504. The minimum absolute atomic E-state index is 0.285. The van der Waals surface area contributed by atoms with Crippen LogP contribution in [0.1, 0.15) is 23.8 Å². The molecule has 3 nitrogen and oxygen atoms in total. The smallest absolute Gasteiger partial charge is 0.141 e. The highest BCUT2D eigenvalue weighted by atomic mass is 32.1. The minimum Gasteiger partial charge on any atom is -0.356 e. The van der Waals surface area contributed by atoms with Crippen molar-refractivity contribution >= 4 is 17.2 Å². The molecule has 1 saturated heterocycles. The van der Waals surface area contributed by atoms with E-state index in [-0.39, 0.29) is 5.82 Å². The second-order valence-electron chi connectivity index (χ2n) is 4.49. The van der Waals surface area contributed by atoms with Crippen LogP contribution < -0.4 is 4.90 Å². The van der Waals surface area contributed by atoms with Gasteiger partial charge in [0.05, 0.1) is 11.2 Å². The van der Waals surface area contributed by atoms with Gasteiger partial charge in [-0.3, -0.25) is 0 Å². The van der Waals surface area contributed by atoms with Crippen molar-refractivity contribution in [3.63, 3.8) is 0 Å². The van der Waals surface area contributed by atoms with Crippen LogP contribution in [-0.2, 0) is 0 Å². The Balaban J connectivity index is 1.76. The Hall–Kier alpha value is -1.49. The van der Waals surface area contributed by atoms with E-state index >= 15 is 0 Å². The van der Waals surface area contributed by atoms with Gasteiger partial charge >= 0.3 is 0 Å². The van der Waals surface area contributed by atoms with Gasteiger partial charge in [-0.15, -0.1) is 11.3 Å². The van der Waals surface area contributed by atoms with Gasteiger partial charge in [0.2, 0.25) is 0 Å². The van der Waals surface area contributed by atoms with E-state index in [1.54, 1.807) is 17.4 Å². The van der Waals surface area contributed by atoms with E-state index in [2.05, 4.69) is 14.9 Å². The summed E-state index contributed by atoms with van der Waals surface area (Å²) in [6.07, 6.45) is 5.44. The van der Waals surface area contributed by atoms with Crippen molar-refractivity contribution in [3.05, 3.63) is 40.7 Å². The fraction of sp³-hybridized carbons (Fsp3) is 0.385. The minimum atomic E-state index is -0.285. The number of anilines is 1. The molecule has 3 rings (SSSR count). The van der Waals surface area contributed by atoms with Gasteiger partial charge in [0.25, 0.3) is 0 Å². The third kappa shape index (κ3) is 2.36. The van der Waals surface area contributed by atoms with E-state index in [4.69, 9.17) is 0 Å². The highest BCUT2D eigenvalue weighted by Gasteiger charge is 2.23. The van der Waals surface area contributed by atoms with E-state index in [1.165, 1.54) is 23.7 Å². The molecule has 1 aliphatic rings. The van der Waals surface area contributed by atoms with Crippen LogP contribution in [0.25, 0.3) is 0 Å². The van der Waals surface area contributed by atoms with Crippen molar-refractivity contribution in [2.24, 2.45) is 0 Å². The lowest BCUT2D eigenvalue weighted by Gasteiger charge is -2.32. The molecule has 0 aliphatic carbocycles. The zero-order valence-electron chi connectivity index (χ0n) is 9.92. The largest absolute Gasteiger partial charge is 0.356 e. The Morgan fingerprint density at radius 3 is 3.00 bits per heavy atom. The number of aromatic nitrogens is 2. The van der Waals surface area contributed by atoms with Crippen LogP contribution in [0, 0.1) is 5.82 Å². The molecule has 0 radical (unpaired) electrons. The maximum atomic E-state index is 12.9. The van der Waals surface area contributed by atoms with E-state index in [9.17, 15) is 4.39 Å². The SMILES string of the molecule is Fc1ccc(N2CCCC(c3nccs3)C2)nc1. The molecular weight excluding hydrogens is 249 g/mol. The highest BCUT2D eigenvalue weighted by Crippen LogP contribution is 2.30. The molecule has 0 bridgehead atoms. The summed E-state index contributed by atoms with van der Waals surface area (Å²) in [4.78, 5) is 10.8. The third-order valence-corrected chi connectivity index (χ3v) is 4.20. The lowest BCUT2D eigenvalue weighted by Crippen LogP contribution is -2.34. The van der Waals surface area contributed by atoms with E-state index < -0.39 is 0 Å². The average molecular weight is 263 g/mol. The first-order chi connectivity index (χ1) is 8.83. The summed E-state index contributed by atoms with van der Waals surface area (Å²) >= 11 is 1.71. The lowest BCUT2D eigenvalue weighted by atomic mass is 9.99. The number of halogens is 1. The summed E-state index contributed by atoms with van der Waals surface area (Å²) in [5.41, 5.74) is 0. The predicted octanol–water partition coefficient (Wildman–Crippen LogP) is 3.06. The van der Waals surface area contributed by atoms with E-state index in [1.807, 2.05) is 11.6 Å². The van der Waals surface area contributed by atoms with Gasteiger partial charge in [-0.05, 0) is 25.0 Å². The van der Waals surface area contributed by atoms with Crippen molar-refractivity contribution in [1.82, 2.24) is 9.97 Å². The molecule has 1 atom stereocenters. The zero-order valence-corrected chi connectivity index (χ0v) is 10.7. The Morgan fingerprint density at radius 1 is 1.33 bits per heavy atom. The summed E-state index contributed by atoms with van der Waals surface area (Å²) in [6.45, 7) is 1.91. The Kier molecular flexibility index (Phi) is 3.23. The van der Waals surface area contributed by atoms with Gasteiger partial charge in [0.1, 0.15) is 11.6 Å². The number of rotatable bonds is 2. The van der Waals surface area contributed by atoms with Crippen LogP contribution in [0.3, 0.4) is 0 Å². The quantitative estimate of drug-likeness (QED) is 0.834. The number of thiazole rings is 1. The number of hydrogen-bond donors (Lipinski definition) is 0. The maximum absolute atomic E-state index is 12.9.